The topological polar surface area (TPSA) is 78.9 Å². The van der Waals surface area contributed by atoms with E-state index in [2.05, 4.69) is 118 Å². The number of carbonyl (C=O) groups is 3. The number of carbonyl (C=O) groups excluding carboxylic acids is 3. The predicted molar refractivity (Wildman–Crippen MR) is 362 cm³/mol. The summed E-state index contributed by atoms with van der Waals surface area (Å²) >= 11 is 0. The zero-order chi connectivity index (χ0) is 59.9. The number of rotatable bonds is 65. The highest BCUT2D eigenvalue weighted by Gasteiger charge is 2.19. The third-order valence-corrected chi connectivity index (χ3v) is 15.6. The molecule has 0 aliphatic rings. The Labute approximate surface area is 515 Å². The number of unbranched alkanes of at least 4 members (excludes halogenated alkanes) is 38. The van der Waals surface area contributed by atoms with Crippen molar-refractivity contribution in [2.24, 2.45) is 0 Å². The molecule has 83 heavy (non-hydrogen) atoms. The van der Waals surface area contributed by atoms with Crippen molar-refractivity contribution >= 4 is 17.9 Å². The van der Waals surface area contributed by atoms with Gasteiger partial charge in [-0.1, -0.05) is 336 Å². The first-order chi connectivity index (χ1) is 41.0. The largest absolute Gasteiger partial charge is 0.462 e. The van der Waals surface area contributed by atoms with Crippen molar-refractivity contribution in [2.45, 2.75) is 361 Å². The Balaban J connectivity index is 4.14. The summed E-state index contributed by atoms with van der Waals surface area (Å²) in [6.45, 7) is 6.45. The standard InChI is InChI=1S/C77H134O6/c1-4-7-10-13-16-19-22-25-28-29-30-31-32-33-34-35-36-37-38-39-40-41-42-43-44-45-46-47-50-52-55-58-61-64-67-70-76(79)82-73-74(83-77(80)71-68-65-62-59-56-53-49-27-24-21-18-15-12-9-6-3)72-81-75(78)69-66-63-60-57-54-51-48-26-23-20-17-14-11-8-5-2/h7,9-10,12,16,18-19,21,25,27-28,30-31,33-34,49,74H,4-6,8,11,13-15,17,20,22-24,26,29,32,35-48,50-73H2,1-3H3/b10-7-,12-9-,19-16-,21-18-,28-25-,31-30-,34-33-,49-27-. The predicted octanol–water partition coefficient (Wildman–Crippen LogP) is 24.8. The van der Waals surface area contributed by atoms with Gasteiger partial charge in [0.25, 0.3) is 0 Å². The summed E-state index contributed by atoms with van der Waals surface area (Å²) in [7, 11) is 0. The van der Waals surface area contributed by atoms with Crippen LogP contribution in [0.25, 0.3) is 0 Å². The molecule has 6 nitrogen and oxygen atoms in total. The number of hydrogen-bond donors (Lipinski definition) is 0. The molecule has 0 rings (SSSR count). The summed E-state index contributed by atoms with van der Waals surface area (Å²) in [5, 5.41) is 0. The lowest BCUT2D eigenvalue weighted by Gasteiger charge is -2.18. The summed E-state index contributed by atoms with van der Waals surface area (Å²) in [4.78, 5) is 38.4. The number of esters is 3. The number of allylic oxidation sites excluding steroid dienone is 16. The average Bonchev–Trinajstić information content (AvgIpc) is 3.49. The van der Waals surface area contributed by atoms with E-state index in [4.69, 9.17) is 14.2 Å². The fraction of sp³-hybridized carbons (Fsp3) is 0.753. The van der Waals surface area contributed by atoms with Crippen LogP contribution in [-0.4, -0.2) is 37.2 Å². The fourth-order valence-corrected chi connectivity index (χ4v) is 10.3. The zero-order valence-corrected chi connectivity index (χ0v) is 54.9. The van der Waals surface area contributed by atoms with Gasteiger partial charge in [-0.3, -0.25) is 14.4 Å². The number of hydrogen-bond acceptors (Lipinski definition) is 6. The van der Waals surface area contributed by atoms with E-state index < -0.39 is 6.10 Å². The normalized spacial score (nSPS) is 12.7. The zero-order valence-electron chi connectivity index (χ0n) is 54.9. The van der Waals surface area contributed by atoms with Crippen LogP contribution < -0.4 is 0 Å². The van der Waals surface area contributed by atoms with Gasteiger partial charge in [-0.05, 0) is 96.3 Å². The second-order valence-corrected chi connectivity index (χ2v) is 23.7. The van der Waals surface area contributed by atoms with Crippen molar-refractivity contribution in [1.82, 2.24) is 0 Å². The van der Waals surface area contributed by atoms with E-state index in [0.717, 1.165) is 128 Å². The Morgan fingerprint density at radius 2 is 0.470 bits per heavy atom. The lowest BCUT2D eigenvalue weighted by atomic mass is 10.0. The molecule has 0 aromatic heterocycles. The van der Waals surface area contributed by atoms with Crippen molar-refractivity contribution in [2.75, 3.05) is 13.2 Å². The molecule has 0 amide bonds. The van der Waals surface area contributed by atoms with Gasteiger partial charge in [0.2, 0.25) is 0 Å². The quantitative estimate of drug-likeness (QED) is 0.0261. The van der Waals surface area contributed by atoms with E-state index in [0.29, 0.717) is 19.3 Å². The highest BCUT2D eigenvalue weighted by Crippen LogP contribution is 2.18. The van der Waals surface area contributed by atoms with Gasteiger partial charge in [0.15, 0.2) is 6.10 Å². The van der Waals surface area contributed by atoms with Crippen molar-refractivity contribution in [3.63, 3.8) is 0 Å². The van der Waals surface area contributed by atoms with Crippen molar-refractivity contribution in [3.8, 4) is 0 Å². The van der Waals surface area contributed by atoms with Crippen molar-refractivity contribution in [1.29, 1.82) is 0 Å². The van der Waals surface area contributed by atoms with Gasteiger partial charge < -0.3 is 14.2 Å². The third-order valence-electron chi connectivity index (χ3n) is 15.6. The highest BCUT2D eigenvalue weighted by atomic mass is 16.6. The van der Waals surface area contributed by atoms with Crippen molar-refractivity contribution in [3.05, 3.63) is 97.2 Å². The third kappa shape index (κ3) is 69.0. The van der Waals surface area contributed by atoms with Crippen LogP contribution in [0.4, 0.5) is 0 Å². The Morgan fingerprint density at radius 1 is 0.253 bits per heavy atom. The smallest absolute Gasteiger partial charge is 0.306 e. The maximum Gasteiger partial charge on any atom is 0.306 e. The summed E-state index contributed by atoms with van der Waals surface area (Å²) in [6, 6.07) is 0. The van der Waals surface area contributed by atoms with E-state index >= 15 is 0 Å². The summed E-state index contributed by atoms with van der Waals surface area (Å²) < 4.78 is 17.0. The molecule has 0 radical (unpaired) electrons. The first kappa shape index (κ1) is 79.3. The van der Waals surface area contributed by atoms with Crippen LogP contribution in [0.2, 0.25) is 0 Å². The molecule has 0 heterocycles. The number of ether oxygens (including phenoxy) is 3. The summed E-state index contributed by atoms with van der Waals surface area (Å²) in [5.74, 6) is -0.876. The Hall–Kier alpha value is -3.67. The fourth-order valence-electron chi connectivity index (χ4n) is 10.3. The van der Waals surface area contributed by atoms with E-state index in [-0.39, 0.29) is 31.1 Å². The summed E-state index contributed by atoms with van der Waals surface area (Å²) in [6.07, 6.45) is 95.9. The van der Waals surface area contributed by atoms with Gasteiger partial charge in [-0.15, -0.1) is 0 Å². The van der Waals surface area contributed by atoms with Crippen LogP contribution >= 0.6 is 0 Å². The van der Waals surface area contributed by atoms with Gasteiger partial charge >= 0.3 is 17.9 Å². The minimum absolute atomic E-state index is 0.0786. The van der Waals surface area contributed by atoms with E-state index in [1.807, 2.05) is 0 Å². The van der Waals surface area contributed by atoms with Crippen molar-refractivity contribution < 1.29 is 28.6 Å². The van der Waals surface area contributed by atoms with Crippen LogP contribution in [0, 0.1) is 0 Å². The molecule has 6 heteroatoms. The van der Waals surface area contributed by atoms with Gasteiger partial charge in [-0.25, -0.2) is 0 Å². The molecule has 1 atom stereocenters. The molecule has 0 bridgehead atoms. The molecule has 0 N–H and O–H groups in total. The molecule has 0 saturated carbocycles. The molecule has 0 spiro atoms. The molecule has 1 unspecified atom stereocenters. The second-order valence-electron chi connectivity index (χ2n) is 23.7. The van der Waals surface area contributed by atoms with Crippen LogP contribution in [0.3, 0.4) is 0 Å². The van der Waals surface area contributed by atoms with E-state index in [1.54, 1.807) is 0 Å². The van der Waals surface area contributed by atoms with Crippen LogP contribution in [0.5, 0.6) is 0 Å². The second kappa shape index (κ2) is 70.8. The average molecular weight is 1160 g/mol. The van der Waals surface area contributed by atoms with Gasteiger partial charge in [-0.2, -0.15) is 0 Å². The monoisotopic (exact) mass is 1160 g/mol. The molecular weight excluding hydrogens is 1020 g/mol. The minimum Gasteiger partial charge on any atom is -0.462 e. The Bertz CT molecular complexity index is 1610. The maximum absolute atomic E-state index is 12.9. The summed E-state index contributed by atoms with van der Waals surface area (Å²) in [5.41, 5.74) is 0. The van der Waals surface area contributed by atoms with E-state index in [1.165, 1.54) is 186 Å². The molecule has 0 aromatic carbocycles. The molecule has 0 aliphatic heterocycles. The molecule has 0 fully saturated rings. The molecule has 0 aliphatic carbocycles. The van der Waals surface area contributed by atoms with Crippen LogP contribution in [-0.2, 0) is 28.6 Å². The van der Waals surface area contributed by atoms with Crippen LogP contribution in [0.1, 0.15) is 355 Å². The van der Waals surface area contributed by atoms with Crippen LogP contribution in [0.15, 0.2) is 97.2 Å². The highest BCUT2D eigenvalue weighted by molar-refractivity contribution is 5.71. The molecule has 0 saturated heterocycles. The SMILES string of the molecule is CC/C=C\C/C=C\C/C=C\C/C=C\C/C=C\CCCCCCCCCCCCCCCCCCCCCC(=O)OCC(COC(=O)CCCCCCCCCCCCCCCCC)OC(=O)CCCCCCC/C=C\C/C=C\C/C=C\CC. The Kier molecular flexibility index (Phi) is 67.7. The maximum atomic E-state index is 12.9. The lowest BCUT2D eigenvalue weighted by Crippen LogP contribution is -2.30. The van der Waals surface area contributed by atoms with E-state index in [9.17, 15) is 14.4 Å². The molecular formula is C77H134O6. The lowest BCUT2D eigenvalue weighted by molar-refractivity contribution is -0.167. The first-order valence-corrected chi connectivity index (χ1v) is 35.7. The Morgan fingerprint density at radius 3 is 0.735 bits per heavy atom. The first-order valence-electron chi connectivity index (χ1n) is 35.7. The molecule has 0 aromatic rings. The minimum atomic E-state index is -0.784. The van der Waals surface area contributed by atoms with Gasteiger partial charge in [0.1, 0.15) is 13.2 Å². The van der Waals surface area contributed by atoms with Gasteiger partial charge in [0.05, 0.1) is 0 Å². The molecule has 478 valence electrons. The van der Waals surface area contributed by atoms with Gasteiger partial charge in [0, 0.05) is 19.3 Å².